The van der Waals surface area contributed by atoms with Gasteiger partial charge in [0, 0.05) is 24.6 Å². The average molecular weight is 316 g/mol. The van der Waals surface area contributed by atoms with Crippen LogP contribution in [0.3, 0.4) is 0 Å². The highest BCUT2D eigenvalue weighted by atomic mass is 79.9. The summed E-state index contributed by atoms with van der Waals surface area (Å²) in [6, 6.07) is 12.8. The van der Waals surface area contributed by atoms with Gasteiger partial charge >= 0.3 is 0 Å². The first kappa shape index (κ1) is 7.93. The van der Waals surface area contributed by atoms with Gasteiger partial charge in [-0.25, -0.2) is 0 Å². The van der Waals surface area contributed by atoms with E-state index >= 15 is 0 Å². The Bertz CT molecular complexity index is 1040. The Hall–Kier alpha value is -1.38. The monoisotopic (exact) mass is 315 g/mol. The number of hydrogen-bond acceptors (Lipinski definition) is 1. The Balaban J connectivity index is 2.30. The van der Waals surface area contributed by atoms with Gasteiger partial charge in [-0.3, -0.25) is 0 Å². The van der Waals surface area contributed by atoms with Crippen LogP contribution in [-0.4, -0.2) is 0 Å². The second kappa shape index (κ2) is 3.81. The van der Waals surface area contributed by atoms with Gasteiger partial charge in [-0.15, -0.1) is 11.3 Å². The molecule has 1 heterocycles. The van der Waals surface area contributed by atoms with E-state index in [0.29, 0.717) is 10.5 Å². The highest BCUT2D eigenvalue weighted by molar-refractivity contribution is 9.10. The number of thiophene rings is 1. The Morgan fingerprint density at radius 1 is 0.944 bits per heavy atom. The molecule has 0 aliphatic carbocycles. The van der Waals surface area contributed by atoms with Gasteiger partial charge in [0.2, 0.25) is 0 Å². The van der Waals surface area contributed by atoms with E-state index in [1.807, 2.05) is 18.2 Å². The average Bonchev–Trinajstić information content (AvgIpc) is 2.87. The predicted molar refractivity (Wildman–Crippen MR) is 84.5 cm³/mol. The van der Waals surface area contributed by atoms with Gasteiger partial charge < -0.3 is 0 Å². The van der Waals surface area contributed by atoms with E-state index in [1.165, 1.54) is 11.3 Å². The Labute approximate surface area is 121 Å². The molecule has 0 N–H and O–H groups in total. The van der Waals surface area contributed by atoms with Gasteiger partial charge in [0.05, 0.1) is 4.11 Å². The molecule has 0 amide bonds. The zero-order valence-electron chi connectivity index (χ0n) is 12.3. The third-order valence-electron chi connectivity index (χ3n) is 3.08. The smallest absolute Gasteiger partial charge is 0.0650 e. The fourth-order valence-corrected chi connectivity index (χ4v) is 3.76. The van der Waals surface area contributed by atoms with Gasteiger partial charge in [0.1, 0.15) is 0 Å². The summed E-state index contributed by atoms with van der Waals surface area (Å²) in [5.41, 5.74) is 0. The largest absolute Gasteiger partial charge is 0.135 e. The molecule has 0 nitrogen and oxygen atoms in total. The van der Waals surface area contributed by atoms with Crippen LogP contribution >= 0.6 is 27.3 Å². The Morgan fingerprint density at radius 3 is 2.56 bits per heavy atom. The maximum Gasteiger partial charge on any atom is 0.0650 e. The van der Waals surface area contributed by atoms with Crippen LogP contribution < -0.4 is 0 Å². The summed E-state index contributed by atoms with van der Waals surface area (Å²) in [5, 5.41) is 3.96. The minimum atomic E-state index is 0.0837. The molecule has 0 fully saturated rings. The summed E-state index contributed by atoms with van der Waals surface area (Å²) in [4.78, 5) is 0. The fourth-order valence-electron chi connectivity index (χ4n) is 2.24. The van der Waals surface area contributed by atoms with Crippen LogP contribution in [-0.2, 0) is 0 Å². The molecule has 0 saturated carbocycles. The van der Waals surface area contributed by atoms with E-state index in [0.717, 1.165) is 30.9 Å². The third-order valence-corrected chi connectivity index (χ3v) is 4.54. The molecule has 0 aliphatic rings. The first-order valence-electron chi connectivity index (χ1n) is 7.08. The van der Waals surface area contributed by atoms with Crippen molar-refractivity contribution >= 4 is 58.2 Å². The number of rotatable bonds is 0. The minimum Gasteiger partial charge on any atom is -0.135 e. The second-order valence-corrected chi connectivity index (χ2v) is 6.04. The van der Waals surface area contributed by atoms with Crippen molar-refractivity contribution in [2.75, 3.05) is 0 Å². The van der Waals surface area contributed by atoms with Crippen molar-refractivity contribution in [2.24, 2.45) is 0 Å². The summed E-state index contributed by atoms with van der Waals surface area (Å²) in [6.45, 7) is 0. The molecule has 0 unspecified atom stereocenters. The lowest BCUT2D eigenvalue weighted by atomic mass is 10.1. The van der Waals surface area contributed by atoms with Crippen LogP contribution in [0.2, 0.25) is 0 Å². The molecule has 0 radical (unpaired) electrons. The molecule has 0 spiro atoms. The molecule has 3 aromatic carbocycles. The van der Waals surface area contributed by atoms with Crippen molar-refractivity contribution in [2.45, 2.75) is 0 Å². The maximum atomic E-state index is 8.24. The van der Waals surface area contributed by atoms with Crippen molar-refractivity contribution in [1.82, 2.24) is 0 Å². The van der Waals surface area contributed by atoms with E-state index in [1.54, 1.807) is 0 Å². The maximum absolute atomic E-state index is 8.24. The fraction of sp³-hybridized carbons (Fsp3) is 0. The summed E-state index contributed by atoms with van der Waals surface area (Å²) in [7, 11) is 0. The number of hydrogen-bond donors (Lipinski definition) is 0. The molecule has 0 bridgehead atoms. The molecule has 0 aliphatic heterocycles. The van der Waals surface area contributed by atoms with Crippen LogP contribution in [0.25, 0.3) is 30.9 Å². The molecule has 1 aromatic heterocycles. The van der Waals surface area contributed by atoms with Gasteiger partial charge in [-0.1, -0.05) is 46.2 Å². The van der Waals surface area contributed by atoms with Crippen LogP contribution in [0.15, 0.2) is 59.0 Å². The van der Waals surface area contributed by atoms with Gasteiger partial charge in [0.25, 0.3) is 0 Å². The van der Waals surface area contributed by atoms with Crippen LogP contribution in [0.1, 0.15) is 4.11 Å². The summed E-state index contributed by atoms with van der Waals surface area (Å²) in [5.74, 6) is 0. The van der Waals surface area contributed by atoms with E-state index in [4.69, 9.17) is 4.11 Å². The number of benzene rings is 3. The van der Waals surface area contributed by atoms with E-state index in [9.17, 15) is 0 Å². The molecule has 0 saturated heterocycles. The van der Waals surface area contributed by atoms with Crippen LogP contribution in [0.4, 0.5) is 0 Å². The van der Waals surface area contributed by atoms with Crippen molar-refractivity contribution in [3.8, 4) is 0 Å². The van der Waals surface area contributed by atoms with Crippen molar-refractivity contribution in [1.29, 1.82) is 0 Å². The molecule has 2 heteroatoms. The van der Waals surface area contributed by atoms with Gasteiger partial charge in [-0.05, 0) is 35.0 Å². The Morgan fingerprint density at radius 2 is 1.72 bits per heavy atom. The first-order chi connectivity index (χ1) is 10.1. The predicted octanol–water partition coefficient (Wildman–Crippen LogP) is 5.97. The van der Waals surface area contributed by atoms with Crippen LogP contribution in [0, 0.1) is 0 Å². The lowest BCUT2D eigenvalue weighted by Crippen LogP contribution is -1.71. The zero-order valence-corrected chi connectivity index (χ0v) is 11.7. The van der Waals surface area contributed by atoms with Gasteiger partial charge in [-0.2, -0.15) is 0 Å². The standard InChI is InChI=1S/C16H9BrS/c17-12-5-6-13-14-7-10-3-1-2-4-11(10)8-15(14)18-16(13)9-12/h1-9H/i5D,6D,9D. The minimum absolute atomic E-state index is 0.0837. The second-order valence-electron chi connectivity index (χ2n) is 4.19. The Kier molecular flexibility index (Phi) is 1.68. The molecule has 4 aromatic rings. The van der Waals surface area contributed by atoms with Gasteiger partial charge in [0.15, 0.2) is 0 Å². The summed E-state index contributed by atoms with van der Waals surface area (Å²) >= 11 is 4.78. The van der Waals surface area contributed by atoms with Crippen molar-refractivity contribution < 1.29 is 4.11 Å². The molecular formula is C16H9BrS. The number of halogens is 1. The third kappa shape index (κ3) is 1.49. The molecule has 18 heavy (non-hydrogen) atoms. The van der Waals surface area contributed by atoms with E-state index < -0.39 is 0 Å². The highest BCUT2D eigenvalue weighted by Gasteiger charge is 2.06. The molecular weight excluding hydrogens is 304 g/mol. The van der Waals surface area contributed by atoms with E-state index in [-0.39, 0.29) is 12.1 Å². The van der Waals surface area contributed by atoms with Crippen molar-refractivity contribution in [3.63, 3.8) is 0 Å². The number of fused-ring (bicyclic) bond motifs is 4. The summed E-state index contributed by atoms with van der Waals surface area (Å²) < 4.78 is 26.7. The lowest BCUT2D eigenvalue weighted by molar-refractivity contribution is 1.77. The molecule has 4 rings (SSSR count). The van der Waals surface area contributed by atoms with E-state index in [2.05, 4.69) is 34.1 Å². The zero-order chi connectivity index (χ0) is 14.7. The SMILES string of the molecule is [2H]c1c(Br)c([2H])c2sc3cc4ccccc4cc3c2c1[2H]. The highest BCUT2D eigenvalue weighted by Crippen LogP contribution is 2.37. The topological polar surface area (TPSA) is 0 Å². The lowest BCUT2D eigenvalue weighted by Gasteiger charge is -1.98. The van der Waals surface area contributed by atoms with Crippen LogP contribution in [0.5, 0.6) is 0 Å². The summed E-state index contributed by atoms with van der Waals surface area (Å²) in [6.07, 6.45) is 0. The van der Waals surface area contributed by atoms with Crippen molar-refractivity contribution in [3.05, 3.63) is 59.0 Å². The normalized spacial score (nSPS) is 13.9. The molecule has 0 atom stereocenters. The molecule has 86 valence electrons. The first-order valence-corrected chi connectivity index (χ1v) is 7.19. The quantitative estimate of drug-likeness (QED) is 0.375.